The number of nitrogens with zero attached hydrogens (tertiary/aromatic N) is 1. The predicted molar refractivity (Wildman–Crippen MR) is 84.4 cm³/mol. The van der Waals surface area contributed by atoms with Gasteiger partial charge >= 0.3 is 0 Å². The molecule has 2 aromatic carbocycles. The number of anilines is 1. The highest BCUT2D eigenvalue weighted by Gasteiger charge is 2.26. The van der Waals surface area contributed by atoms with E-state index in [9.17, 15) is 8.42 Å². The summed E-state index contributed by atoms with van der Waals surface area (Å²) in [7, 11) is -1.21. The molecule has 1 N–H and O–H groups in total. The molecule has 0 aliphatic rings. The van der Waals surface area contributed by atoms with E-state index in [0.717, 1.165) is 0 Å². The number of sulfonamides is 1. The third-order valence-electron chi connectivity index (χ3n) is 3.26. The van der Waals surface area contributed by atoms with Crippen molar-refractivity contribution in [1.82, 2.24) is 5.16 Å². The van der Waals surface area contributed by atoms with Crippen molar-refractivity contribution in [3.63, 3.8) is 0 Å². The molecule has 0 saturated carbocycles. The Morgan fingerprint density at radius 1 is 1.00 bits per heavy atom. The summed E-state index contributed by atoms with van der Waals surface area (Å²) < 4.78 is 43.3. The molecule has 3 aromatic rings. The van der Waals surface area contributed by atoms with Gasteiger partial charge < -0.3 is 14.0 Å². The average Bonchev–Trinajstić information content (AvgIpc) is 2.96. The highest BCUT2D eigenvalue weighted by atomic mass is 32.2. The summed E-state index contributed by atoms with van der Waals surface area (Å²) in [6.07, 6.45) is 0. The first-order valence-electron chi connectivity index (χ1n) is 6.65. The molecule has 0 saturated heterocycles. The van der Waals surface area contributed by atoms with Crippen molar-refractivity contribution in [2.75, 3.05) is 18.9 Å². The van der Waals surface area contributed by atoms with Gasteiger partial charge in [-0.3, -0.25) is 4.72 Å². The summed E-state index contributed by atoms with van der Waals surface area (Å²) in [5.41, 5.74) is 0.484. The van der Waals surface area contributed by atoms with Crippen LogP contribution in [0.25, 0.3) is 11.0 Å². The maximum Gasteiger partial charge on any atom is 0.270 e. The van der Waals surface area contributed by atoms with Gasteiger partial charge in [-0.15, -0.1) is 0 Å². The number of hydrogen-bond acceptors (Lipinski definition) is 6. The SMILES string of the molecule is COc1cccc(OC)c1S(=O)(=O)Nc1noc2ccccc12. The van der Waals surface area contributed by atoms with Crippen LogP contribution < -0.4 is 14.2 Å². The summed E-state index contributed by atoms with van der Waals surface area (Å²) in [6, 6.07) is 11.7. The lowest BCUT2D eigenvalue weighted by Gasteiger charge is -2.13. The lowest BCUT2D eigenvalue weighted by molar-refractivity contribution is 0.373. The number of para-hydroxylation sites is 1. The Labute approximate surface area is 132 Å². The number of aromatic nitrogens is 1. The van der Waals surface area contributed by atoms with Crippen LogP contribution in [-0.2, 0) is 10.0 Å². The zero-order valence-corrected chi connectivity index (χ0v) is 13.3. The molecule has 0 atom stereocenters. The highest BCUT2D eigenvalue weighted by molar-refractivity contribution is 7.93. The van der Waals surface area contributed by atoms with Crippen LogP contribution in [0.5, 0.6) is 11.5 Å². The molecule has 0 radical (unpaired) electrons. The van der Waals surface area contributed by atoms with Gasteiger partial charge in [0.25, 0.3) is 10.0 Å². The standard InChI is InChI=1S/C15H14N2O5S/c1-20-12-8-5-9-13(21-2)14(12)23(18,19)17-15-10-6-3-4-7-11(10)22-16-15/h3-9H,1-2H3,(H,16,17). The average molecular weight is 334 g/mol. The Balaban J connectivity index is 2.09. The summed E-state index contributed by atoms with van der Waals surface area (Å²) in [4.78, 5) is -0.0999. The first-order valence-corrected chi connectivity index (χ1v) is 8.13. The van der Waals surface area contributed by atoms with Crippen molar-refractivity contribution in [2.45, 2.75) is 4.90 Å². The molecule has 0 aliphatic carbocycles. The van der Waals surface area contributed by atoms with Gasteiger partial charge in [-0.25, -0.2) is 8.42 Å². The van der Waals surface area contributed by atoms with Gasteiger partial charge in [-0.1, -0.05) is 23.4 Å². The number of fused-ring (bicyclic) bond motifs is 1. The van der Waals surface area contributed by atoms with Crippen molar-refractivity contribution < 1.29 is 22.4 Å². The molecule has 8 heteroatoms. The monoisotopic (exact) mass is 334 g/mol. The van der Waals surface area contributed by atoms with E-state index in [1.165, 1.54) is 26.4 Å². The maximum atomic E-state index is 12.7. The zero-order chi connectivity index (χ0) is 16.4. The molecule has 0 bridgehead atoms. The van der Waals surface area contributed by atoms with Crippen LogP contribution in [0.3, 0.4) is 0 Å². The predicted octanol–water partition coefficient (Wildman–Crippen LogP) is 2.65. The fourth-order valence-electron chi connectivity index (χ4n) is 2.22. The first kappa shape index (κ1) is 15.2. The molecule has 3 rings (SSSR count). The maximum absolute atomic E-state index is 12.7. The van der Waals surface area contributed by atoms with Gasteiger partial charge in [0.15, 0.2) is 16.3 Å². The Bertz CT molecular complexity index is 927. The zero-order valence-electron chi connectivity index (χ0n) is 12.4. The topological polar surface area (TPSA) is 90.7 Å². The number of rotatable bonds is 5. The Morgan fingerprint density at radius 2 is 1.65 bits per heavy atom. The number of methoxy groups -OCH3 is 2. The molecule has 0 unspecified atom stereocenters. The van der Waals surface area contributed by atoms with E-state index >= 15 is 0 Å². The molecular formula is C15H14N2O5S. The minimum absolute atomic E-state index is 0.0999. The Morgan fingerprint density at radius 3 is 2.30 bits per heavy atom. The van der Waals surface area contributed by atoms with Crippen LogP contribution >= 0.6 is 0 Å². The highest BCUT2D eigenvalue weighted by Crippen LogP contribution is 2.35. The second kappa shape index (κ2) is 5.81. The van der Waals surface area contributed by atoms with Crippen LogP contribution in [0.2, 0.25) is 0 Å². The van der Waals surface area contributed by atoms with E-state index < -0.39 is 10.0 Å². The van der Waals surface area contributed by atoms with Crippen molar-refractivity contribution in [3.05, 3.63) is 42.5 Å². The minimum Gasteiger partial charge on any atom is -0.495 e. The fourth-order valence-corrected chi connectivity index (χ4v) is 3.56. The second-order valence-corrected chi connectivity index (χ2v) is 6.24. The van der Waals surface area contributed by atoms with E-state index in [1.54, 1.807) is 30.3 Å². The fraction of sp³-hybridized carbons (Fsp3) is 0.133. The van der Waals surface area contributed by atoms with Crippen molar-refractivity contribution in [3.8, 4) is 11.5 Å². The molecule has 120 valence electrons. The molecular weight excluding hydrogens is 320 g/mol. The number of benzene rings is 2. The van der Waals surface area contributed by atoms with Gasteiger partial charge in [0.2, 0.25) is 0 Å². The van der Waals surface area contributed by atoms with Gasteiger partial charge in [0, 0.05) is 0 Å². The molecule has 1 aromatic heterocycles. The summed E-state index contributed by atoms with van der Waals surface area (Å²) in [6.45, 7) is 0. The van der Waals surface area contributed by atoms with E-state index in [2.05, 4.69) is 9.88 Å². The summed E-state index contributed by atoms with van der Waals surface area (Å²) in [5.74, 6) is 0.447. The molecule has 0 fully saturated rings. The van der Waals surface area contributed by atoms with Crippen LogP contribution in [-0.4, -0.2) is 27.8 Å². The molecule has 23 heavy (non-hydrogen) atoms. The van der Waals surface area contributed by atoms with E-state index in [0.29, 0.717) is 11.0 Å². The Kier molecular flexibility index (Phi) is 3.83. The summed E-state index contributed by atoms with van der Waals surface area (Å²) >= 11 is 0. The van der Waals surface area contributed by atoms with E-state index in [-0.39, 0.29) is 22.2 Å². The van der Waals surface area contributed by atoms with Crippen molar-refractivity contribution >= 4 is 26.8 Å². The molecule has 7 nitrogen and oxygen atoms in total. The third-order valence-corrected chi connectivity index (χ3v) is 4.66. The van der Waals surface area contributed by atoms with E-state index in [4.69, 9.17) is 14.0 Å². The minimum atomic E-state index is -3.98. The van der Waals surface area contributed by atoms with Crippen LogP contribution in [0.15, 0.2) is 51.9 Å². The number of nitrogens with one attached hydrogen (secondary N) is 1. The first-order chi connectivity index (χ1) is 11.1. The van der Waals surface area contributed by atoms with Crippen molar-refractivity contribution in [2.24, 2.45) is 0 Å². The van der Waals surface area contributed by atoms with Gasteiger partial charge in [-0.05, 0) is 24.3 Å². The molecule has 1 heterocycles. The quantitative estimate of drug-likeness (QED) is 0.771. The van der Waals surface area contributed by atoms with Crippen LogP contribution in [0.4, 0.5) is 5.82 Å². The second-order valence-electron chi connectivity index (χ2n) is 4.62. The normalized spacial score (nSPS) is 11.4. The van der Waals surface area contributed by atoms with Crippen LogP contribution in [0.1, 0.15) is 0 Å². The Hall–Kier alpha value is -2.74. The lowest BCUT2D eigenvalue weighted by atomic mass is 10.2. The number of ether oxygens (including phenoxy) is 2. The largest absolute Gasteiger partial charge is 0.495 e. The smallest absolute Gasteiger partial charge is 0.270 e. The van der Waals surface area contributed by atoms with E-state index in [1.807, 2.05) is 0 Å². The molecule has 0 spiro atoms. The lowest BCUT2D eigenvalue weighted by Crippen LogP contribution is -2.15. The van der Waals surface area contributed by atoms with Gasteiger partial charge in [0.1, 0.15) is 11.5 Å². The molecule has 0 amide bonds. The molecule has 0 aliphatic heterocycles. The number of hydrogen-bond donors (Lipinski definition) is 1. The van der Waals surface area contributed by atoms with Gasteiger partial charge in [0.05, 0.1) is 19.6 Å². The summed E-state index contributed by atoms with van der Waals surface area (Å²) in [5, 5.41) is 4.33. The van der Waals surface area contributed by atoms with Crippen LogP contribution in [0, 0.1) is 0 Å². The van der Waals surface area contributed by atoms with Crippen molar-refractivity contribution in [1.29, 1.82) is 0 Å². The van der Waals surface area contributed by atoms with Gasteiger partial charge in [-0.2, -0.15) is 0 Å². The third kappa shape index (κ3) is 2.68.